The van der Waals surface area contributed by atoms with Gasteiger partial charge in [0.2, 0.25) is 23.5 Å². The van der Waals surface area contributed by atoms with E-state index >= 15 is 0 Å². The Kier molecular flexibility index (Phi) is 26.3. The van der Waals surface area contributed by atoms with Crippen LogP contribution in [0.5, 0.6) is 0 Å². The van der Waals surface area contributed by atoms with Crippen LogP contribution in [0.15, 0.2) is 0 Å². The summed E-state index contributed by atoms with van der Waals surface area (Å²) in [5.74, 6) is 0.617. The molecule has 2 fully saturated rings. The molecule has 0 aromatic rings. The topological polar surface area (TPSA) is 239 Å². The lowest BCUT2D eigenvalue weighted by Gasteiger charge is -2.26. The average molecular weight is 873 g/mol. The Hall–Kier alpha value is -3.26. The highest BCUT2D eigenvalue weighted by atomic mass is 32.2. The zero-order valence-corrected chi connectivity index (χ0v) is 37.2. The van der Waals surface area contributed by atoms with Crippen LogP contribution in [0.25, 0.3) is 5.53 Å². The van der Waals surface area contributed by atoms with Crippen molar-refractivity contribution in [3.05, 3.63) is 5.53 Å². The summed E-state index contributed by atoms with van der Waals surface area (Å²) in [4.78, 5) is 78.9. The molecule has 2 aliphatic rings. The third-order valence-electron chi connectivity index (χ3n) is 9.05. The number of likely N-dealkylation sites (N-methyl/N-ethyl adjacent to an activating group) is 1. The van der Waals surface area contributed by atoms with Gasteiger partial charge in [-0.2, -0.15) is 28.3 Å². The fourth-order valence-electron chi connectivity index (χ4n) is 6.19. The van der Waals surface area contributed by atoms with E-state index in [0.29, 0.717) is 76.0 Å². The number of esters is 1. The largest absolute Gasteiger partial charge is 0.458 e. The van der Waals surface area contributed by atoms with Gasteiger partial charge in [-0.3, -0.25) is 19.2 Å². The van der Waals surface area contributed by atoms with E-state index in [2.05, 4.69) is 31.4 Å². The van der Waals surface area contributed by atoms with Crippen molar-refractivity contribution < 1.29 is 52.5 Å². The van der Waals surface area contributed by atoms with Crippen molar-refractivity contribution in [3.63, 3.8) is 0 Å². The van der Waals surface area contributed by atoms with Crippen molar-refractivity contribution in [3.8, 4) is 0 Å². The van der Waals surface area contributed by atoms with E-state index in [4.69, 9.17) is 24.5 Å². The number of ether oxygens (including phenoxy) is 4. The van der Waals surface area contributed by atoms with Crippen molar-refractivity contribution in [2.45, 2.75) is 120 Å². The van der Waals surface area contributed by atoms with Crippen molar-refractivity contribution >= 4 is 65.2 Å². The van der Waals surface area contributed by atoms with Crippen molar-refractivity contribution in [2.75, 3.05) is 84.1 Å². The molecule has 2 saturated heterocycles. The maximum atomic E-state index is 13.4. The lowest BCUT2D eigenvalue weighted by molar-refractivity contribution is -0.159. The van der Waals surface area contributed by atoms with Crippen LogP contribution in [0.4, 0.5) is 4.79 Å². The van der Waals surface area contributed by atoms with Gasteiger partial charge in [0.1, 0.15) is 17.7 Å². The van der Waals surface area contributed by atoms with Crippen molar-refractivity contribution in [1.29, 1.82) is 0 Å². The molecule has 0 aromatic heterocycles. The summed E-state index contributed by atoms with van der Waals surface area (Å²) in [5, 5.41) is 14.7. The number of carbonyl (C=O) groups is 6. The van der Waals surface area contributed by atoms with Crippen LogP contribution in [0.1, 0.15) is 85.0 Å². The molecule has 0 spiro atoms. The molecule has 2 rings (SSSR count). The number of unbranched alkanes of at least 4 members (excludes halogenated alkanes) is 3. The maximum Gasteiger partial charge on any atom is 0.329 e. The number of carbonyl (C=O) groups excluding carboxylic acids is 6. The predicted molar refractivity (Wildman–Crippen MR) is 227 cm³/mol. The molecule has 20 heteroatoms. The lowest BCUT2D eigenvalue weighted by atomic mass is 10.0. The number of thioether (sulfide) groups is 2. The molecule has 0 bridgehead atoms. The quantitative estimate of drug-likeness (QED) is 0.0158. The minimum Gasteiger partial charge on any atom is -0.458 e. The first-order chi connectivity index (χ1) is 28.2. The summed E-state index contributed by atoms with van der Waals surface area (Å²) < 4.78 is 22.1. The predicted octanol–water partition coefficient (Wildman–Crippen LogP) is 1.69. The first kappa shape index (κ1) is 51.9. The fraction of sp³-hybridized carbons (Fsp3) is 0.821. The molecule has 59 heavy (non-hydrogen) atoms. The number of amides is 5. The van der Waals surface area contributed by atoms with Crippen LogP contribution < -0.4 is 26.6 Å². The van der Waals surface area contributed by atoms with E-state index in [-0.39, 0.29) is 56.7 Å². The Bertz CT molecular complexity index is 1360. The van der Waals surface area contributed by atoms with Gasteiger partial charge >= 0.3 is 18.2 Å². The summed E-state index contributed by atoms with van der Waals surface area (Å²) in [6, 6.07) is -1.60. The molecule has 0 aromatic carbocycles. The molecule has 2 heterocycles. The molecule has 5 atom stereocenters. The molecular formula is C39H68N8O10S2. The van der Waals surface area contributed by atoms with Gasteiger partial charge in [0.15, 0.2) is 0 Å². The highest BCUT2D eigenvalue weighted by molar-refractivity contribution is 8.00. The number of rotatable bonds is 33. The number of Topliss-reactive ketones (excluding diaryl/α,β-unsaturated/α-hetero) is 1. The van der Waals surface area contributed by atoms with Gasteiger partial charge in [0.05, 0.1) is 58.3 Å². The Balaban J connectivity index is 1.52. The first-order valence-corrected chi connectivity index (χ1v) is 22.8. The number of hydrogen-bond acceptors (Lipinski definition) is 13. The molecule has 0 saturated carbocycles. The zero-order chi connectivity index (χ0) is 43.5. The molecule has 5 N–H and O–H groups in total. The van der Waals surface area contributed by atoms with Crippen LogP contribution in [0.3, 0.4) is 0 Å². The Morgan fingerprint density at radius 3 is 2.29 bits per heavy atom. The van der Waals surface area contributed by atoms with E-state index in [1.54, 1.807) is 39.8 Å². The number of nitrogens with one attached hydrogen (secondary N) is 5. The van der Waals surface area contributed by atoms with Crippen molar-refractivity contribution in [1.82, 2.24) is 31.5 Å². The first-order valence-electron chi connectivity index (χ1n) is 20.6. The molecule has 0 aliphatic carbocycles. The minimum absolute atomic E-state index is 0.0236. The van der Waals surface area contributed by atoms with Crippen LogP contribution in [0.2, 0.25) is 0 Å². The van der Waals surface area contributed by atoms with Crippen LogP contribution in [-0.2, 0) is 42.9 Å². The smallest absolute Gasteiger partial charge is 0.329 e. The second-order valence-electron chi connectivity index (χ2n) is 15.7. The molecule has 0 radical (unpaired) electrons. The summed E-state index contributed by atoms with van der Waals surface area (Å²) >= 11 is 3.87. The van der Waals surface area contributed by atoms with E-state index in [9.17, 15) is 28.8 Å². The third-order valence-corrected chi connectivity index (χ3v) is 11.6. The maximum absolute atomic E-state index is 13.4. The number of nitrogens with zero attached hydrogens (tertiary/aromatic N) is 3. The van der Waals surface area contributed by atoms with E-state index in [1.165, 1.54) is 19.3 Å². The van der Waals surface area contributed by atoms with Gasteiger partial charge in [-0.05, 0) is 79.1 Å². The summed E-state index contributed by atoms with van der Waals surface area (Å²) in [5.41, 5.74) is 7.78. The lowest BCUT2D eigenvalue weighted by Crippen LogP contribution is -2.53. The fourth-order valence-corrected chi connectivity index (χ4v) is 8.58. The number of ketones is 1. The highest BCUT2D eigenvalue weighted by Crippen LogP contribution is 2.33. The van der Waals surface area contributed by atoms with Gasteiger partial charge in [-0.15, -0.1) is 0 Å². The molecule has 5 amide bonds. The van der Waals surface area contributed by atoms with Crippen LogP contribution in [0, 0.1) is 0 Å². The second kappa shape index (κ2) is 29.9. The molecule has 2 aliphatic heterocycles. The number of fused-ring (bicyclic) bond motifs is 1. The normalized spacial score (nSPS) is 18.2. The third kappa shape index (κ3) is 24.6. The summed E-state index contributed by atoms with van der Waals surface area (Å²) in [6.07, 6.45) is 6.58. The Morgan fingerprint density at radius 2 is 1.59 bits per heavy atom. The van der Waals surface area contributed by atoms with Gasteiger partial charge in [0, 0.05) is 36.1 Å². The van der Waals surface area contributed by atoms with Crippen molar-refractivity contribution in [2.24, 2.45) is 0 Å². The van der Waals surface area contributed by atoms with Crippen LogP contribution in [-0.4, -0.2) is 171 Å². The molecule has 18 nitrogen and oxygen atoms in total. The van der Waals surface area contributed by atoms with Gasteiger partial charge in [0.25, 0.3) is 0 Å². The monoisotopic (exact) mass is 872 g/mol. The molecule has 336 valence electrons. The molecular weight excluding hydrogens is 805 g/mol. The van der Waals surface area contributed by atoms with E-state index < -0.39 is 35.3 Å². The number of hydrogen-bond donors (Lipinski definition) is 5. The minimum atomic E-state index is -1.18. The number of urea groups is 1. The second-order valence-corrected chi connectivity index (χ2v) is 18.2. The zero-order valence-electron chi connectivity index (χ0n) is 35.6. The molecule has 1 unspecified atom stereocenters. The standard InChI is InChI=1S/C39H68N8O10S2/c1-39(2,3)57-37(52)30(14-13-28(48)25-42-40)44-36(51)29(43-34(50)26-47(4)5)11-8-9-16-41-33(49)15-17-54-18-19-55-20-21-56-22-24-58-23-10-6-7-12-32-35-31(27-59-32)45-38(53)46-35/h25,29-32,35H,6-24,26-27H2,1-5H3,(H,41,49)(H,43,50)(H,44,51)(H2,45,46,53)/t29?,30-,31-,32-,35-/m0/s1. The SMILES string of the molecule is CN(C)CC(=O)NC(CCCCNC(=O)CCOCCOCCOCCSCCCCC[C@@H]1SC[C@@H]2NC(=O)N[C@@H]21)C(=O)N[C@@H](CCC(=O)C=[N+]=[N-])C(=O)OC(C)(C)C. The van der Waals surface area contributed by atoms with E-state index in [0.717, 1.165) is 23.7 Å². The van der Waals surface area contributed by atoms with Gasteiger partial charge in [-0.25, -0.2) is 9.59 Å². The highest BCUT2D eigenvalue weighted by Gasteiger charge is 2.42. The average Bonchev–Trinajstić information content (AvgIpc) is 3.71. The Labute approximate surface area is 357 Å². The van der Waals surface area contributed by atoms with Gasteiger partial charge in [-0.1, -0.05) is 12.8 Å². The van der Waals surface area contributed by atoms with Crippen LogP contribution >= 0.6 is 23.5 Å². The summed E-state index contributed by atoms with van der Waals surface area (Å²) in [7, 11) is 3.43. The van der Waals surface area contributed by atoms with E-state index in [1.807, 2.05) is 23.5 Å². The van der Waals surface area contributed by atoms with Gasteiger partial charge < -0.3 is 56.0 Å². The Morgan fingerprint density at radius 1 is 0.881 bits per heavy atom. The summed E-state index contributed by atoms with van der Waals surface area (Å²) in [6.45, 7) is 8.10.